The Morgan fingerprint density at radius 3 is 2.71 bits per heavy atom. The van der Waals surface area contributed by atoms with Crippen LogP contribution in [0.2, 0.25) is 0 Å². The van der Waals surface area contributed by atoms with E-state index in [2.05, 4.69) is 5.32 Å². The summed E-state index contributed by atoms with van der Waals surface area (Å²) in [6.45, 7) is -0.370. The topological polar surface area (TPSA) is 77.8 Å². The second kappa shape index (κ2) is 7.74. The van der Waals surface area contributed by atoms with E-state index in [-0.39, 0.29) is 13.0 Å². The molecule has 28 heavy (non-hydrogen) atoms. The van der Waals surface area contributed by atoms with Gasteiger partial charge in [-0.25, -0.2) is 0 Å². The number of benzene rings is 2. The van der Waals surface area contributed by atoms with Gasteiger partial charge in [0.25, 0.3) is 5.91 Å². The summed E-state index contributed by atoms with van der Waals surface area (Å²) in [6.07, 6.45) is 0.152. The van der Waals surface area contributed by atoms with E-state index in [0.29, 0.717) is 17.0 Å². The molecule has 0 unspecified atom stereocenters. The van der Waals surface area contributed by atoms with Crippen molar-refractivity contribution in [2.24, 2.45) is 0 Å². The predicted molar refractivity (Wildman–Crippen MR) is 108 cm³/mol. The summed E-state index contributed by atoms with van der Waals surface area (Å²) < 4.78 is 16.3. The Labute approximate surface area is 164 Å². The van der Waals surface area contributed by atoms with Crippen LogP contribution in [0.1, 0.15) is 4.88 Å². The third-order valence-electron chi connectivity index (χ3n) is 4.24. The Hall–Kier alpha value is -3.32. The third kappa shape index (κ3) is 3.70. The van der Waals surface area contributed by atoms with E-state index in [1.54, 1.807) is 6.07 Å². The van der Waals surface area contributed by atoms with Crippen molar-refractivity contribution in [3.63, 3.8) is 0 Å². The van der Waals surface area contributed by atoms with Crippen LogP contribution >= 0.6 is 11.3 Å². The van der Waals surface area contributed by atoms with Crippen LogP contribution in [-0.2, 0) is 20.7 Å². The average molecular weight is 395 g/mol. The zero-order valence-electron chi connectivity index (χ0n) is 15.1. The lowest BCUT2D eigenvalue weighted by molar-refractivity contribution is -0.146. The molecule has 4 aromatic rings. The van der Waals surface area contributed by atoms with Crippen LogP contribution in [-0.4, -0.2) is 25.6 Å². The molecule has 0 aliphatic carbocycles. The highest BCUT2D eigenvalue weighted by Gasteiger charge is 2.15. The number of carbonyl (C=O) groups is 2. The Morgan fingerprint density at radius 1 is 1.07 bits per heavy atom. The molecule has 0 saturated heterocycles. The molecule has 0 spiro atoms. The van der Waals surface area contributed by atoms with Crippen molar-refractivity contribution in [1.82, 2.24) is 0 Å². The van der Waals surface area contributed by atoms with Crippen molar-refractivity contribution in [1.29, 1.82) is 0 Å². The number of hydrogen-bond acceptors (Lipinski definition) is 6. The van der Waals surface area contributed by atoms with Crippen molar-refractivity contribution in [3.8, 4) is 5.75 Å². The summed E-state index contributed by atoms with van der Waals surface area (Å²) in [5.74, 6) is -0.400. The minimum Gasteiger partial charge on any atom is -0.495 e. The SMILES string of the molecule is COc1cc2c(cc1NC(=O)COC(=O)Cc1cccs1)oc1ccccc12. The van der Waals surface area contributed by atoms with Gasteiger partial charge in [0.1, 0.15) is 16.9 Å². The molecule has 2 aromatic heterocycles. The molecule has 0 aliphatic rings. The number of anilines is 1. The van der Waals surface area contributed by atoms with Crippen molar-refractivity contribution < 1.29 is 23.5 Å². The Balaban J connectivity index is 1.48. The number of carbonyl (C=O) groups excluding carboxylic acids is 2. The van der Waals surface area contributed by atoms with Gasteiger partial charge in [-0.1, -0.05) is 24.3 Å². The summed E-state index contributed by atoms with van der Waals surface area (Å²) in [7, 11) is 1.53. The first-order chi connectivity index (χ1) is 13.6. The number of esters is 1. The molecular weight excluding hydrogens is 378 g/mol. The molecule has 0 fully saturated rings. The van der Waals surface area contributed by atoms with Gasteiger partial charge in [0.15, 0.2) is 6.61 Å². The number of fused-ring (bicyclic) bond motifs is 3. The molecule has 0 radical (unpaired) electrons. The lowest BCUT2D eigenvalue weighted by atomic mass is 10.1. The second-order valence-electron chi connectivity index (χ2n) is 6.11. The molecule has 0 atom stereocenters. The molecule has 1 N–H and O–H groups in total. The van der Waals surface area contributed by atoms with Crippen LogP contribution in [0, 0.1) is 0 Å². The number of ether oxygens (including phenoxy) is 2. The number of rotatable bonds is 6. The lowest BCUT2D eigenvalue weighted by Crippen LogP contribution is -2.21. The van der Waals surface area contributed by atoms with Crippen LogP contribution in [0.5, 0.6) is 5.75 Å². The zero-order chi connectivity index (χ0) is 19.5. The first kappa shape index (κ1) is 18.1. The maximum absolute atomic E-state index is 12.2. The van der Waals surface area contributed by atoms with E-state index in [4.69, 9.17) is 13.9 Å². The molecule has 0 aliphatic heterocycles. The third-order valence-corrected chi connectivity index (χ3v) is 5.11. The van der Waals surface area contributed by atoms with E-state index in [1.807, 2.05) is 47.8 Å². The van der Waals surface area contributed by atoms with Gasteiger partial charge in [0.05, 0.1) is 19.2 Å². The average Bonchev–Trinajstić information content (AvgIpc) is 3.32. The molecule has 7 heteroatoms. The number of nitrogens with one attached hydrogen (secondary N) is 1. The van der Waals surface area contributed by atoms with E-state index in [9.17, 15) is 9.59 Å². The highest BCUT2D eigenvalue weighted by molar-refractivity contribution is 7.10. The number of furan rings is 1. The lowest BCUT2D eigenvalue weighted by Gasteiger charge is -2.10. The van der Waals surface area contributed by atoms with Gasteiger partial charge in [-0.2, -0.15) is 0 Å². The van der Waals surface area contributed by atoms with Crippen molar-refractivity contribution in [3.05, 3.63) is 58.8 Å². The van der Waals surface area contributed by atoms with Gasteiger partial charge in [0, 0.05) is 21.7 Å². The summed E-state index contributed by atoms with van der Waals surface area (Å²) in [6, 6.07) is 14.9. The summed E-state index contributed by atoms with van der Waals surface area (Å²) in [4.78, 5) is 24.9. The number of thiophene rings is 1. The van der Waals surface area contributed by atoms with Gasteiger partial charge in [-0.05, 0) is 23.6 Å². The minimum absolute atomic E-state index is 0.152. The maximum Gasteiger partial charge on any atom is 0.311 e. The van der Waals surface area contributed by atoms with Crippen LogP contribution < -0.4 is 10.1 Å². The number of amides is 1. The molecule has 0 saturated carbocycles. The van der Waals surface area contributed by atoms with Crippen LogP contribution in [0.4, 0.5) is 5.69 Å². The molecule has 0 bridgehead atoms. The largest absolute Gasteiger partial charge is 0.495 e. The predicted octanol–water partition coefficient (Wildman–Crippen LogP) is 4.38. The first-order valence-electron chi connectivity index (χ1n) is 8.61. The van der Waals surface area contributed by atoms with Crippen LogP contribution in [0.15, 0.2) is 58.3 Å². The van der Waals surface area contributed by atoms with Crippen molar-refractivity contribution >= 4 is 50.8 Å². The van der Waals surface area contributed by atoms with Gasteiger partial charge < -0.3 is 19.2 Å². The molecule has 2 heterocycles. The molecule has 142 valence electrons. The highest BCUT2D eigenvalue weighted by Crippen LogP contribution is 2.36. The Morgan fingerprint density at radius 2 is 1.93 bits per heavy atom. The molecule has 2 aromatic carbocycles. The first-order valence-corrected chi connectivity index (χ1v) is 9.49. The fraction of sp³-hybridized carbons (Fsp3) is 0.143. The smallest absolute Gasteiger partial charge is 0.311 e. The normalized spacial score (nSPS) is 10.9. The molecule has 4 rings (SSSR count). The fourth-order valence-electron chi connectivity index (χ4n) is 2.96. The Kier molecular flexibility index (Phi) is 4.99. The van der Waals surface area contributed by atoms with Gasteiger partial charge >= 0.3 is 5.97 Å². The maximum atomic E-state index is 12.2. The van der Waals surface area contributed by atoms with Gasteiger partial charge in [-0.15, -0.1) is 11.3 Å². The number of methoxy groups -OCH3 is 1. The number of para-hydroxylation sites is 1. The van der Waals surface area contributed by atoms with E-state index in [0.717, 1.165) is 21.2 Å². The molecule has 6 nitrogen and oxygen atoms in total. The van der Waals surface area contributed by atoms with Crippen LogP contribution in [0.25, 0.3) is 21.9 Å². The van der Waals surface area contributed by atoms with Crippen molar-refractivity contribution in [2.75, 3.05) is 19.0 Å². The van der Waals surface area contributed by atoms with Crippen molar-refractivity contribution in [2.45, 2.75) is 6.42 Å². The minimum atomic E-state index is -0.451. The Bertz CT molecular complexity index is 1150. The second-order valence-corrected chi connectivity index (χ2v) is 7.14. The summed E-state index contributed by atoms with van der Waals surface area (Å²) in [5, 5.41) is 6.46. The molecule has 1 amide bonds. The quantitative estimate of drug-likeness (QED) is 0.490. The highest BCUT2D eigenvalue weighted by atomic mass is 32.1. The molecular formula is C21H17NO5S. The summed E-state index contributed by atoms with van der Waals surface area (Å²) in [5.41, 5.74) is 1.84. The zero-order valence-corrected chi connectivity index (χ0v) is 15.9. The fourth-order valence-corrected chi connectivity index (χ4v) is 3.65. The van der Waals surface area contributed by atoms with Crippen LogP contribution in [0.3, 0.4) is 0 Å². The van der Waals surface area contributed by atoms with Gasteiger partial charge in [0.2, 0.25) is 0 Å². The number of hydrogen-bond donors (Lipinski definition) is 1. The van der Waals surface area contributed by atoms with E-state index >= 15 is 0 Å². The summed E-state index contributed by atoms with van der Waals surface area (Å²) >= 11 is 1.47. The monoisotopic (exact) mass is 395 g/mol. The standard InChI is InChI=1S/C21H17NO5S/c1-25-19-10-15-14-6-2-3-7-17(14)27-18(15)11-16(19)22-20(23)12-26-21(24)9-13-5-4-8-28-13/h2-8,10-11H,9,12H2,1H3,(H,22,23). The van der Waals surface area contributed by atoms with Gasteiger partial charge in [-0.3, -0.25) is 9.59 Å². The van der Waals surface area contributed by atoms with E-state index in [1.165, 1.54) is 18.4 Å². The van der Waals surface area contributed by atoms with E-state index < -0.39 is 11.9 Å².